The normalized spacial score (nSPS) is 13.3. The van der Waals surface area contributed by atoms with Crippen molar-refractivity contribution in [3.8, 4) is 0 Å². The zero-order valence-electron chi connectivity index (χ0n) is 15.1. The lowest BCUT2D eigenvalue weighted by molar-refractivity contribution is 0.625. The van der Waals surface area contributed by atoms with Crippen molar-refractivity contribution in [2.75, 3.05) is 0 Å². The molecule has 0 saturated carbocycles. The maximum Gasteiger partial charge on any atom is 0.123 e. The van der Waals surface area contributed by atoms with Crippen molar-refractivity contribution in [1.29, 1.82) is 0 Å². The van der Waals surface area contributed by atoms with Crippen LogP contribution in [-0.2, 0) is 0 Å². The number of hydrogen-bond donors (Lipinski definition) is 0. The van der Waals surface area contributed by atoms with Crippen LogP contribution in [-0.4, -0.2) is 8.07 Å². The molecule has 2 aromatic carbocycles. The maximum absolute atomic E-state index is 13.3. The molecule has 0 saturated heterocycles. The highest BCUT2D eigenvalue weighted by atomic mass is 28.3. The van der Waals surface area contributed by atoms with E-state index in [0.717, 1.165) is 12.8 Å². The molecule has 0 aliphatic heterocycles. The van der Waals surface area contributed by atoms with Gasteiger partial charge in [-0.2, -0.15) is 0 Å². The van der Waals surface area contributed by atoms with Crippen molar-refractivity contribution in [3.05, 3.63) is 78.1 Å². The summed E-state index contributed by atoms with van der Waals surface area (Å²) >= 11 is 0. The van der Waals surface area contributed by atoms with Gasteiger partial charge in [0.15, 0.2) is 0 Å². The summed E-state index contributed by atoms with van der Waals surface area (Å²) in [5.74, 6) is 0.305. The van der Waals surface area contributed by atoms with Gasteiger partial charge < -0.3 is 0 Å². The van der Waals surface area contributed by atoms with Gasteiger partial charge in [-0.25, -0.2) is 4.39 Å². The molecule has 0 nitrogen and oxygen atoms in total. The first-order valence-corrected chi connectivity index (χ1v) is 12.2. The first-order valence-electron chi connectivity index (χ1n) is 8.99. The fourth-order valence-corrected chi connectivity index (χ4v) is 6.21. The Morgan fingerprint density at radius 1 is 0.958 bits per heavy atom. The summed E-state index contributed by atoms with van der Waals surface area (Å²) in [6, 6.07) is 19.2. The minimum atomic E-state index is -1.54. The van der Waals surface area contributed by atoms with Crippen LogP contribution < -0.4 is 5.19 Å². The van der Waals surface area contributed by atoms with Gasteiger partial charge in [-0.1, -0.05) is 86.2 Å². The molecule has 0 bridgehead atoms. The molecule has 128 valence electrons. The van der Waals surface area contributed by atoms with Gasteiger partial charge >= 0.3 is 0 Å². The van der Waals surface area contributed by atoms with Crippen LogP contribution in [0.4, 0.5) is 4.39 Å². The van der Waals surface area contributed by atoms with Crippen LogP contribution in [0.2, 0.25) is 19.1 Å². The van der Waals surface area contributed by atoms with Crippen LogP contribution in [0.15, 0.2) is 66.7 Å². The van der Waals surface area contributed by atoms with Gasteiger partial charge in [0.05, 0.1) is 8.07 Å². The molecule has 0 radical (unpaired) electrons. The van der Waals surface area contributed by atoms with Crippen molar-refractivity contribution >= 4 is 13.3 Å². The largest absolute Gasteiger partial charge is 0.207 e. The van der Waals surface area contributed by atoms with Crippen molar-refractivity contribution in [2.24, 2.45) is 0 Å². The number of benzene rings is 2. The fraction of sp³-hybridized carbons (Fsp3) is 0.364. The number of rotatable bonds is 8. The zero-order chi connectivity index (χ0) is 17.4. The molecule has 0 spiro atoms. The highest BCUT2D eigenvalue weighted by molar-refractivity contribution is 6.89. The van der Waals surface area contributed by atoms with Crippen LogP contribution in [0.3, 0.4) is 0 Å². The summed E-state index contributed by atoms with van der Waals surface area (Å²) in [5, 5.41) is 1.50. The molecule has 1 unspecified atom stereocenters. The minimum Gasteiger partial charge on any atom is -0.207 e. The maximum atomic E-state index is 13.3. The smallest absolute Gasteiger partial charge is 0.123 e. The van der Waals surface area contributed by atoms with Gasteiger partial charge in [0.1, 0.15) is 5.82 Å². The summed E-state index contributed by atoms with van der Waals surface area (Å²) in [6.07, 6.45) is 7.95. The lowest BCUT2D eigenvalue weighted by Crippen LogP contribution is -2.42. The second-order valence-electron chi connectivity index (χ2n) is 7.20. The standard InChI is InChI=1S/C22H29FSi/c1-4-5-6-8-11-20(19-14-16-21(23)17-15-19)18-24(2,3)22-12-9-7-10-13-22/h6-10,12-17,20H,4-5,11,18H2,1-3H3/b8-6+. The van der Waals surface area contributed by atoms with Crippen LogP contribution >= 0.6 is 0 Å². The van der Waals surface area contributed by atoms with Crippen LogP contribution in [0.25, 0.3) is 0 Å². The fourth-order valence-electron chi connectivity index (χ4n) is 3.24. The molecule has 2 heteroatoms. The number of unbranched alkanes of at least 4 members (excludes halogenated alkanes) is 1. The van der Waals surface area contributed by atoms with Crippen molar-refractivity contribution in [3.63, 3.8) is 0 Å². The van der Waals surface area contributed by atoms with E-state index >= 15 is 0 Å². The monoisotopic (exact) mass is 340 g/mol. The highest BCUT2D eigenvalue weighted by Gasteiger charge is 2.27. The van der Waals surface area contributed by atoms with Crippen LogP contribution in [0.1, 0.15) is 37.7 Å². The van der Waals surface area contributed by atoms with Crippen molar-refractivity contribution in [1.82, 2.24) is 0 Å². The Kier molecular flexibility index (Phi) is 6.98. The lowest BCUT2D eigenvalue weighted by atomic mass is 9.97. The minimum absolute atomic E-state index is 0.154. The third-order valence-electron chi connectivity index (χ3n) is 4.70. The third-order valence-corrected chi connectivity index (χ3v) is 8.11. The van der Waals surface area contributed by atoms with Gasteiger partial charge in [0.2, 0.25) is 0 Å². The average Bonchev–Trinajstić information content (AvgIpc) is 2.59. The Morgan fingerprint density at radius 2 is 1.62 bits per heavy atom. The molecule has 0 heterocycles. The van der Waals surface area contributed by atoms with E-state index in [9.17, 15) is 4.39 Å². The molecule has 0 aliphatic rings. The summed E-state index contributed by atoms with van der Waals surface area (Å²) in [5.41, 5.74) is 1.26. The van der Waals surface area contributed by atoms with Crippen LogP contribution in [0, 0.1) is 5.82 Å². The predicted molar refractivity (Wildman–Crippen MR) is 106 cm³/mol. The first kappa shape index (κ1) is 18.7. The second kappa shape index (κ2) is 8.98. The second-order valence-corrected chi connectivity index (χ2v) is 12.0. The molecule has 1 atom stereocenters. The van der Waals surface area contributed by atoms with E-state index in [4.69, 9.17) is 0 Å². The third kappa shape index (κ3) is 5.45. The topological polar surface area (TPSA) is 0 Å². The number of allylic oxidation sites excluding steroid dienone is 2. The number of halogens is 1. The molecule has 0 fully saturated rings. The quantitative estimate of drug-likeness (QED) is 0.392. The first-order chi connectivity index (χ1) is 11.5. The molecule has 0 N–H and O–H groups in total. The molecule has 0 aliphatic carbocycles. The Bertz CT molecular complexity index is 629. The SMILES string of the molecule is CCC/C=C/CC(C[Si](C)(C)c1ccccc1)c1ccc(F)cc1. The molecule has 24 heavy (non-hydrogen) atoms. The molecule has 2 aromatic rings. The van der Waals surface area contributed by atoms with Gasteiger partial charge in [-0.15, -0.1) is 0 Å². The van der Waals surface area contributed by atoms with E-state index in [-0.39, 0.29) is 5.82 Å². The molecular weight excluding hydrogens is 311 g/mol. The van der Waals surface area contributed by atoms with E-state index in [2.05, 4.69) is 62.5 Å². The summed E-state index contributed by atoms with van der Waals surface area (Å²) < 4.78 is 13.3. The van der Waals surface area contributed by atoms with Gasteiger partial charge in [-0.05, 0) is 42.5 Å². The predicted octanol–water partition coefficient (Wildman–Crippen LogP) is 6.27. The summed E-state index contributed by atoms with van der Waals surface area (Å²) in [7, 11) is -1.54. The molecule has 0 amide bonds. The number of hydrogen-bond acceptors (Lipinski definition) is 0. The van der Waals surface area contributed by atoms with Gasteiger partial charge in [0.25, 0.3) is 0 Å². The van der Waals surface area contributed by atoms with E-state index in [1.54, 1.807) is 12.1 Å². The van der Waals surface area contributed by atoms with Crippen molar-refractivity contribution in [2.45, 2.75) is 51.2 Å². The summed E-state index contributed by atoms with van der Waals surface area (Å²) in [6.45, 7) is 7.08. The van der Waals surface area contributed by atoms with E-state index in [0.29, 0.717) is 5.92 Å². The Morgan fingerprint density at radius 3 is 2.25 bits per heavy atom. The lowest BCUT2D eigenvalue weighted by Gasteiger charge is -2.28. The Balaban J connectivity index is 2.20. The van der Waals surface area contributed by atoms with E-state index in [1.807, 2.05) is 12.1 Å². The van der Waals surface area contributed by atoms with E-state index in [1.165, 1.54) is 23.2 Å². The highest BCUT2D eigenvalue weighted by Crippen LogP contribution is 2.30. The summed E-state index contributed by atoms with van der Waals surface area (Å²) in [4.78, 5) is 0. The Hall–Kier alpha value is -1.67. The average molecular weight is 341 g/mol. The molecule has 2 rings (SSSR count). The van der Waals surface area contributed by atoms with Crippen molar-refractivity contribution < 1.29 is 4.39 Å². The zero-order valence-corrected chi connectivity index (χ0v) is 16.1. The molecule has 0 aromatic heterocycles. The van der Waals surface area contributed by atoms with Gasteiger partial charge in [0, 0.05) is 0 Å². The van der Waals surface area contributed by atoms with Gasteiger partial charge in [-0.3, -0.25) is 0 Å². The van der Waals surface area contributed by atoms with E-state index < -0.39 is 8.07 Å². The molecular formula is C22H29FSi. The van der Waals surface area contributed by atoms with Crippen LogP contribution in [0.5, 0.6) is 0 Å². The Labute approximate surface area is 147 Å².